The first-order valence-corrected chi connectivity index (χ1v) is 6.98. The second-order valence-corrected chi connectivity index (χ2v) is 5.80. The number of hydrogen-bond acceptors (Lipinski definition) is 3. The number of nitrogens with zero attached hydrogens (tertiary/aromatic N) is 1. The average Bonchev–Trinajstić information content (AvgIpc) is 2.77. The van der Waals surface area contributed by atoms with E-state index >= 15 is 0 Å². The molecule has 1 aromatic rings. The number of Topliss-reactive ketones (excluding diaryl/α,β-unsaturated/α-hetero) is 1. The van der Waals surface area contributed by atoms with Gasteiger partial charge in [0.15, 0.2) is 5.78 Å². The van der Waals surface area contributed by atoms with Gasteiger partial charge in [-0.1, -0.05) is 12.1 Å². The lowest BCUT2D eigenvalue weighted by Crippen LogP contribution is -2.29. The zero-order valence-electron chi connectivity index (χ0n) is 9.73. The van der Waals surface area contributed by atoms with Gasteiger partial charge in [0.05, 0.1) is 6.54 Å². The van der Waals surface area contributed by atoms with Gasteiger partial charge in [0.1, 0.15) is 0 Å². The summed E-state index contributed by atoms with van der Waals surface area (Å²) in [5.41, 5.74) is 6.45. The molecule has 0 radical (unpaired) electrons. The van der Waals surface area contributed by atoms with Gasteiger partial charge in [0.2, 0.25) is 0 Å². The van der Waals surface area contributed by atoms with Gasteiger partial charge in [-0.2, -0.15) is 0 Å². The first-order chi connectivity index (χ1) is 8.19. The van der Waals surface area contributed by atoms with Crippen LogP contribution in [0.5, 0.6) is 0 Å². The van der Waals surface area contributed by atoms with Crippen LogP contribution in [-0.2, 0) is 0 Å². The number of halogens is 1. The molecule has 1 saturated heterocycles. The quantitative estimate of drug-likeness (QED) is 0.669. The van der Waals surface area contributed by atoms with E-state index in [1.807, 2.05) is 24.3 Å². The van der Waals surface area contributed by atoms with Crippen LogP contribution in [0.1, 0.15) is 16.8 Å². The zero-order chi connectivity index (χ0) is 12.3. The highest BCUT2D eigenvalue weighted by atomic mass is 127. The molecule has 4 heteroatoms. The largest absolute Gasteiger partial charge is 0.330 e. The molecule has 1 aromatic carbocycles. The van der Waals surface area contributed by atoms with Crippen LogP contribution in [0.3, 0.4) is 0 Å². The van der Waals surface area contributed by atoms with Crippen LogP contribution in [0.4, 0.5) is 0 Å². The molecule has 2 rings (SSSR count). The van der Waals surface area contributed by atoms with Crippen molar-refractivity contribution in [3.8, 4) is 0 Å². The van der Waals surface area contributed by atoms with Crippen molar-refractivity contribution in [3.63, 3.8) is 0 Å². The Bertz CT molecular complexity index is 391. The Morgan fingerprint density at radius 1 is 1.41 bits per heavy atom. The predicted molar refractivity (Wildman–Crippen MR) is 77.1 cm³/mol. The summed E-state index contributed by atoms with van der Waals surface area (Å²) < 4.78 is 1.16. The Morgan fingerprint density at radius 3 is 2.71 bits per heavy atom. The molecule has 1 atom stereocenters. The number of likely N-dealkylation sites (tertiary alicyclic amines) is 1. The fourth-order valence-corrected chi connectivity index (χ4v) is 2.54. The van der Waals surface area contributed by atoms with Gasteiger partial charge in [-0.3, -0.25) is 9.69 Å². The summed E-state index contributed by atoms with van der Waals surface area (Å²) in [6.07, 6.45) is 1.12. The number of nitrogens with two attached hydrogens (primary N) is 1. The molecule has 1 fully saturated rings. The molecule has 0 spiro atoms. The van der Waals surface area contributed by atoms with Gasteiger partial charge < -0.3 is 5.73 Å². The van der Waals surface area contributed by atoms with E-state index in [0.717, 1.165) is 35.2 Å². The van der Waals surface area contributed by atoms with Crippen molar-refractivity contribution in [2.24, 2.45) is 11.7 Å². The smallest absolute Gasteiger partial charge is 0.176 e. The average molecular weight is 344 g/mol. The van der Waals surface area contributed by atoms with E-state index in [1.54, 1.807) is 0 Å². The van der Waals surface area contributed by atoms with Gasteiger partial charge in [-0.25, -0.2) is 0 Å². The Labute approximate surface area is 116 Å². The Balaban J connectivity index is 1.91. The Morgan fingerprint density at radius 2 is 2.12 bits per heavy atom. The highest BCUT2D eigenvalue weighted by Gasteiger charge is 2.23. The van der Waals surface area contributed by atoms with Crippen LogP contribution in [0.15, 0.2) is 24.3 Å². The molecule has 0 saturated carbocycles. The number of benzene rings is 1. The topological polar surface area (TPSA) is 46.3 Å². The molecule has 1 heterocycles. The van der Waals surface area contributed by atoms with Crippen molar-refractivity contribution in [1.82, 2.24) is 4.90 Å². The highest BCUT2D eigenvalue weighted by Crippen LogP contribution is 2.15. The number of carbonyl (C=O) groups excluding carboxylic acids is 1. The molecule has 1 aliphatic heterocycles. The summed E-state index contributed by atoms with van der Waals surface area (Å²) in [4.78, 5) is 14.2. The summed E-state index contributed by atoms with van der Waals surface area (Å²) in [6, 6.07) is 7.75. The highest BCUT2D eigenvalue weighted by molar-refractivity contribution is 14.1. The molecule has 0 aliphatic carbocycles. The maximum atomic E-state index is 12.0. The number of hydrogen-bond donors (Lipinski definition) is 1. The van der Waals surface area contributed by atoms with E-state index in [4.69, 9.17) is 5.73 Å². The monoisotopic (exact) mass is 344 g/mol. The van der Waals surface area contributed by atoms with Gasteiger partial charge >= 0.3 is 0 Å². The molecule has 0 aromatic heterocycles. The lowest BCUT2D eigenvalue weighted by atomic mass is 10.1. The lowest BCUT2D eigenvalue weighted by molar-refractivity contribution is 0.0943. The summed E-state index contributed by atoms with van der Waals surface area (Å²) in [7, 11) is 0. The van der Waals surface area contributed by atoms with Crippen LogP contribution >= 0.6 is 22.6 Å². The molecular weight excluding hydrogens is 327 g/mol. The third-order valence-electron chi connectivity index (χ3n) is 3.24. The van der Waals surface area contributed by atoms with Gasteiger partial charge in [-0.05, 0) is 60.2 Å². The first kappa shape index (κ1) is 13.0. The van der Waals surface area contributed by atoms with Crippen LogP contribution in [0.2, 0.25) is 0 Å². The van der Waals surface area contributed by atoms with Crippen molar-refractivity contribution in [2.45, 2.75) is 6.42 Å². The van der Waals surface area contributed by atoms with Gasteiger partial charge in [-0.15, -0.1) is 0 Å². The number of ketones is 1. The SMILES string of the molecule is NCC1CCN(CC(=O)c2ccc(I)cc2)C1. The van der Waals surface area contributed by atoms with Gasteiger partial charge in [0.25, 0.3) is 0 Å². The van der Waals surface area contributed by atoms with Crippen molar-refractivity contribution >= 4 is 28.4 Å². The molecule has 1 unspecified atom stereocenters. The fourth-order valence-electron chi connectivity index (χ4n) is 2.18. The normalized spacial score (nSPS) is 20.7. The maximum absolute atomic E-state index is 12.0. The number of rotatable bonds is 4. The van der Waals surface area contributed by atoms with Crippen LogP contribution in [-0.4, -0.2) is 36.9 Å². The maximum Gasteiger partial charge on any atom is 0.176 e. The minimum absolute atomic E-state index is 0.207. The van der Waals surface area contributed by atoms with E-state index in [9.17, 15) is 4.79 Å². The Kier molecular flexibility index (Phi) is 4.53. The van der Waals surface area contributed by atoms with Crippen molar-refractivity contribution in [1.29, 1.82) is 0 Å². The summed E-state index contributed by atoms with van der Waals surface area (Å²) in [5, 5.41) is 0. The van der Waals surface area contributed by atoms with E-state index in [2.05, 4.69) is 27.5 Å². The van der Waals surface area contributed by atoms with Crippen LogP contribution in [0.25, 0.3) is 0 Å². The Hall–Kier alpha value is -0.460. The predicted octanol–water partition coefficient (Wildman–Crippen LogP) is 1.75. The third-order valence-corrected chi connectivity index (χ3v) is 3.96. The first-order valence-electron chi connectivity index (χ1n) is 5.90. The molecule has 17 heavy (non-hydrogen) atoms. The summed E-state index contributed by atoms with van der Waals surface area (Å²) in [5.74, 6) is 0.776. The molecule has 2 N–H and O–H groups in total. The molecule has 0 bridgehead atoms. The standard InChI is InChI=1S/C13H17IN2O/c14-12-3-1-11(2-4-12)13(17)9-16-6-5-10(7-15)8-16/h1-4,10H,5-9,15H2. The minimum Gasteiger partial charge on any atom is -0.330 e. The molecular formula is C13H17IN2O. The second kappa shape index (κ2) is 5.93. The van der Waals surface area contributed by atoms with Gasteiger partial charge in [0, 0.05) is 15.7 Å². The summed E-state index contributed by atoms with van der Waals surface area (Å²) in [6.45, 7) is 3.22. The molecule has 92 valence electrons. The van der Waals surface area contributed by atoms with Crippen molar-refractivity contribution in [3.05, 3.63) is 33.4 Å². The van der Waals surface area contributed by atoms with E-state index in [-0.39, 0.29) is 5.78 Å². The molecule has 3 nitrogen and oxygen atoms in total. The van der Waals surface area contributed by atoms with Crippen molar-refractivity contribution in [2.75, 3.05) is 26.2 Å². The summed E-state index contributed by atoms with van der Waals surface area (Å²) >= 11 is 2.24. The van der Waals surface area contributed by atoms with E-state index in [1.165, 1.54) is 0 Å². The fraction of sp³-hybridized carbons (Fsp3) is 0.462. The second-order valence-electron chi connectivity index (χ2n) is 4.56. The zero-order valence-corrected chi connectivity index (χ0v) is 11.9. The third kappa shape index (κ3) is 3.50. The van der Waals surface area contributed by atoms with E-state index < -0.39 is 0 Å². The van der Waals surface area contributed by atoms with Crippen molar-refractivity contribution < 1.29 is 4.79 Å². The van der Waals surface area contributed by atoms with E-state index in [0.29, 0.717) is 12.5 Å². The minimum atomic E-state index is 0.207. The van der Waals surface area contributed by atoms with Crippen LogP contribution < -0.4 is 5.73 Å². The number of carbonyl (C=O) groups is 1. The van der Waals surface area contributed by atoms with Crippen LogP contribution in [0, 0.1) is 9.49 Å². The molecule has 1 aliphatic rings. The molecule has 0 amide bonds. The lowest BCUT2D eigenvalue weighted by Gasteiger charge is -2.14.